The molecule has 8 nitrogen and oxygen atoms in total. The first-order chi connectivity index (χ1) is 9.43. The van der Waals surface area contributed by atoms with Gasteiger partial charge in [0.05, 0.1) is 6.10 Å². The van der Waals surface area contributed by atoms with E-state index >= 15 is 0 Å². The molecule has 4 N–H and O–H groups in total. The third kappa shape index (κ3) is 5.04. The number of nitrogens with zero attached hydrogens (tertiary/aromatic N) is 1. The predicted octanol–water partition coefficient (Wildman–Crippen LogP) is -0.474. The first-order valence-corrected chi connectivity index (χ1v) is 6.53. The highest BCUT2D eigenvalue weighted by atomic mass is 16.5. The second-order valence-electron chi connectivity index (χ2n) is 4.77. The Morgan fingerprint density at radius 1 is 1.40 bits per heavy atom. The smallest absolute Gasteiger partial charge is 0.326 e. The van der Waals surface area contributed by atoms with Crippen molar-refractivity contribution in [1.82, 2.24) is 10.2 Å². The molecule has 114 valence electrons. The number of hydrogen-bond donors (Lipinski definition) is 3. The number of carboxylic acids is 1. The average Bonchev–Trinajstić information content (AvgIpc) is 2.42. The molecule has 8 heteroatoms. The number of ether oxygens (including phenoxy) is 1. The van der Waals surface area contributed by atoms with Crippen molar-refractivity contribution in [2.45, 2.75) is 37.8 Å². The molecule has 0 bridgehead atoms. The summed E-state index contributed by atoms with van der Waals surface area (Å²) in [5.41, 5.74) is 4.98. The Morgan fingerprint density at radius 2 is 2.00 bits per heavy atom. The number of carbonyl (C=O) groups excluding carboxylic acids is 2. The maximum atomic E-state index is 11.9. The van der Waals surface area contributed by atoms with Crippen LogP contribution in [0.1, 0.15) is 25.7 Å². The minimum absolute atomic E-state index is 0.00899. The molecule has 1 heterocycles. The molecule has 20 heavy (non-hydrogen) atoms. The molecule has 0 aliphatic carbocycles. The summed E-state index contributed by atoms with van der Waals surface area (Å²) in [6.45, 7) is 1.04. The fourth-order valence-electron chi connectivity index (χ4n) is 2.08. The van der Waals surface area contributed by atoms with Crippen molar-refractivity contribution in [2.24, 2.45) is 5.73 Å². The van der Waals surface area contributed by atoms with E-state index in [1.165, 1.54) is 0 Å². The van der Waals surface area contributed by atoms with Crippen LogP contribution in [0.3, 0.4) is 0 Å². The van der Waals surface area contributed by atoms with Gasteiger partial charge < -0.3 is 25.8 Å². The minimum Gasteiger partial charge on any atom is -0.480 e. The van der Waals surface area contributed by atoms with Gasteiger partial charge in [0.25, 0.3) is 0 Å². The van der Waals surface area contributed by atoms with Gasteiger partial charge >= 0.3 is 12.0 Å². The topological polar surface area (TPSA) is 122 Å². The number of amides is 3. The van der Waals surface area contributed by atoms with E-state index in [2.05, 4.69) is 5.32 Å². The summed E-state index contributed by atoms with van der Waals surface area (Å²) >= 11 is 0. The molecule has 0 spiro atoms. The summed E-state index contributed by atoms with van der Waals surface area (Å²) in [5, 5.41) is 11.4. The van der Waals surface area contributed by atoms with Crippen molar-refractivity contribution in [1.29, 1.82) is 0 Å². The van der Waals surface area contributed by atoms with Crippen LogP contribution in [0.5, 0.6) is 0 Å². The molecule has 1 aliphatic rings. The highest BCUT2D eigenvalue weighted by Gasteiger charge is 2.26. The second kappa shape index (κ2) is 7.68. The first-order valence-electron chi connectivity index (χ1n) is 6.53. The number of carboxylic acid groups (broad SMARTS) is 1. The molecule has 0 aromatic rings. The fourth-order valence-corrected chi connectivity index (χ4v) is 2.08. The lowest BCUT2D eigenvalue weighted by molar-refractivity contribution is -0.139. The fraction of sp³-hybridized carbons (Fsp3) is 0.750. The standard InChI is InChI=1S/C12H21N3O5/c1-20-8-4-6-15(7-5-8)12(19)14-9(11(17)18)2-3-10(13)16/h8-9H,2-7H2,1H3,(H2,13,16)(H,14,19)(H,17,18). The van der Waals surface area contributed by atoms with Gasteiger partial charge in [-0.3, -0.25) is 4.79 Å². The highest BCUT2D eigenvalue weighted by molar-refractivity contribution is 5.83. The van der Waals surface area contributed by atoms with Gasteiger partial charge in [-0.1, -0.05) is 0 Å². The van der Waals surface area contributed by atoms with Crippen molar-refractivity contribution < 1.29 is 24.2 Å². The summed E-state index contributed by atoms with van der Waals surface area (Å²) in [4.78, 5) is 35.2. The van der Waals surface area contributed by atoms with Gasteiger partial charge in [-0.25, -0.2) is 9.59 Å². The lowest BCUT2D eigenvalue weighted by atomic mass is 10.1. The molecule has 0 aromatic carbocycles. The number of likely N-dealkylation sites (tertiary alicyclic amines) is 1. The largest absolute Gasteiger partial charge is 0.480 e. The number of methoxy groups -OCH3 is 1. The lowest BCUT2D eigenvalue weighted by Gasteiger charge is -2.32. The lowest BCUT2D eigenvalue weighted by Crippen LogP contribution is -2.51. The van der Waals surface area contributed by atoms with Gasteiger partial charge in [-0.15, -0.1) is 0 Å². The quantitative estimate of drug-likeness (QED) is 0.609. The normalized spacial score (nSPS) is 17.6. The number of piperidine rings is 1. The maximum Gasteiger partial charge on any atom is 0.326 e. The van der Waals surface area contributed by atoms with Gasteiger partial charge in [-0.2, -0.15) is 0 Å². The van der Waals surface area contributed by atoms with Crippen LogP contribution in [0.25, 0.3) is 0 Å². The third-order valence-corrected chi connectivity index (χ3v) is 3.34. The zero-order chi connectivity index (χ0) is 15.1. The minimum atomic E-state index is -1.17. The second-order valence-corrected chi connectivity index (χ2v) is 4.77. The third-order valence-electron chi connectivity index (χ3n) is 3.34. The molecule has 1 saturated heterocycles. The number of aliphatic carboxylic acids is 1. The van der Waals surface area contributed by atoms with Gasteiger partial charge in [0.1, 0.15) is 6.04 Å². The number of nitrogens with two attached hydrogens (primary N) is 1. The van der Waals surface area contributed by atoms with Crippen molar-refractivity contribution >= 4 is 17.9 Å². The Labute approximate surface area is 117 Å². The molecule has 1 atom stereocenters. The van der Waals surface area contributed by atoms with Crippen LogP contribution in [-0.2, 0) is 14.3 Å². The van der Waals surface area contributed by atoms with Crippen LogP contribution >= 0.6 is 0 Å². The van der Waals surface area contributed by atoms with E-state index in [1.54, 1.807) is 12.0 Å². The molecule has 1 rings (SSSR count). The molecular weight excluding hydrogens is 266 g/mol. The predicted molar refractivity (Wildman–Crippen MR) is 70.0 cm³/mol. The number of hydrogen-bond acceptors (Lipinski definition) is 4. The van der Waals surface area contributed by atoms with Crippen LogP contribution in [0.15, 0.2) is 0 Å². The number of urea groups is 1. The van der Waals surface area contributed by atoms with E-state index in [-0.39, 0.29) is 18.9 Å². The Balaban J connectivity index is 2.45. The van der Waals surface area contributed by atoms with Gasteiger partial charge in [0, 0.05) is 26.6 Å². The summed E-state index contributed by atoms with van der Waals surface area (Å²) < 4.78 is 5.20. The average molecular weight is 287 g/mol. The Morgan fingerprint density at radius 3 is 2.45 bits per heavy atom. The van der Waals surface area contributed by atoms with Gasteiger partial charge in [0.15, 0.2) is 0 Å². The van der Waals surface area contributed by atoms with Crippen LogP contribution in [0.2, 0.25) is 0 Å². The van der Waals surface area contributed by atoms with E-state index in [1.807, 2.05) is 0 Å². The molecule has 1 fully saturated rings. The highest BCUT2D eigenvalue weighted by Crippen LogP contribution is 2.13. The zero-order valence-corrected chi connectivity index (χ0v) is 11.5. The van der Waals surface area contributed by atoms with Crippen molar-refractivity contribution in [3.05, 3.63) is 0 Å². The van der Waals surface area contributed by atoms with Crippen molar-refractivity contribution in [3.63, 3.8) is 0 Å². The van der Waals surface area contributed by atoms with Crippen LogP contribution in [0, 0.1) is 0 Å². The number of nitrogens with one attached hydrogen (secondary N) is 1. The van der Waals surface area contributed by atoms with E-state index < -0.39 is 23.9 Å². The van der Waals surface area contributed by atoms with Crippen LogP contribution in [-0.4, -0.2) is 60.3 Å². The SMILES string of the molecule is COC1CCN(C(=O)NC(CCC(N)=O)C(=O)O)CC1. The Hall–Kier alpha value is -1.83. The van der Waals surface area contributed by atoms with Gasteiger partial charge in [-0.05, 0) is 19.3 Å². The molecule has 0 aromatic heterocycles. The Kier molecular flexibility index (Phi) is 6.23. The summed E-state index contributed by atoms with van der Waals surface area (Å²) in [7, 11) is 1.63. The monoisotopic (exact) mass is 287 g/mol. The summed E-state index contributed by atoms with van der Waals surface area (Å²) in [6.07, 6.45) is 1.50. The van der Waals surface area contributed by atoms with Crippen LogP contribution in [0.4, 0.5) is 4.79 Å². The zero-order valence-electron chi connectivity index (χ0n) is 11.5. The van der Waals surface area contributed by atoms with E-state index in [4.69, 9.17) is 15.6 Å². The van der Waals surface area contributed by atoms with E-state index in [0.717, 1.165) is 12.8 Å². The molecule has 0 saturated carbocycles. The first kappa shape index (κ1) is 16.2. The van der Waals surface area contributed by atoms with Gasteiger partial charge in [0.2, 0.25) is 5.91 Å². The molecule has 1 unspecified atom stereocenters. The van der Waals surface area contributed by atoms with E-state index in [9.17, 15) is 14.4 Å². The summed E-state index contributed by atoms with van der Waals surface area (Å²) in [5.74, 6) is -1.77. The van der Waals surface area contributed by atoms with E-state index in [0.29, 0.717) is 13.1 Å². The molecule has 0 radical (unpaired) electrons. The summed E-state index contributed by atoms with van der Waals surface area (Å²) in [6, 6.07) is -1.54. The molecule has 1 aliphatic heterocycles. The molecule has 3 amide bonds. The number of primary amides is 1. The van der Waals surface area contributed by atoms with Crippen molar-refractivity contribution in [2.75, 3.05) is 20.2 Å². The maximum absolute atomic E-state index is 11.9. The van der Waals surface area contributed by atoms with Crippen molar-refractivity contribution in [3.8, 4) is 0 Å². The Bertz CT molecular complexity index is 366. The number of rotatable bonds is 6. The van der Waals surface area contributed by atoms with Crippen LogP contribution < -0.4 is 11.1 Å². The molecular formula is C12H21N3O5. The number of carbonyl (C=O) groups is 3.